The van der Waals surface area contributed by atoms with Crippen LogP contribution in [0, 0.1) is 0 Å². The summed E-state index contributed by atoms with van der Waals surface area (Å²) in [4.78, 5) is 10.9. The molecular weight excluding hydrogens is 242 g/mol. The average Bonchev–Trinajstić information content (AvgIpc) is 2.86. The Kier molecular flexibility index (Phi) is 3.72. The lowest BCUT2D eigenvalue weighted by Crippen LogP contribution is -2.23. The van der Waals surface area contributed by atoms with Crippen molar-refractivity contribution in [1.82, 2.24) is 15.5 Å². The summed E-state index contributed by atoms with van der Waals surface area (Å²) in [6.07, 6.45) is 0. The number of aromatic nitrogens is 2. The van der Waals surface area contributed by atoms with Crippen LogP contribution in [-0.4, -0.2) is 22.0 Å². The van der Waals surface area contributed by atoms with Crippen molar-refractivity contribution in [3.05, 3.63) is 36.2 Å². The zero-order valence-corrected chi connectivity index (χ0v) is 9.65. The van der Waals surface area contributed by atoms with Crippen molar-refractivity contribution in [3.63, 3.8) is 0 Å². The highest BCUT2D eigenvalue weighted by Crippen LogP contribution is 2.16. The summed E-state index contributed by atoms with van der Waals surface area (Å²) in [6.45, 7) is 0.186. The molecule has 0 aliphatic heterocycles. The van der Waals surface area contributed by atoms with E-state index in [4.69, 9.17) is 16.0 Å². The quantitative estimate of drug-likeness (QED) is 0.838. The predicted octanol–water partition coefficient (Wildman–Crippen LogP) is 1.59. The van der Waals surface area contributed by atoms with Crippen LogP contribution in [0.25, 0.3) is 11.5 Å². The van der Waals surface area contributed by atoms with E-state index >= 15 is 0 Å². The molecule has 2 rings (SSSR count). The number of halogens is 1. The minimum atomic E-state index is -0.272. The van der Waals surface area contributed by atoms with Gasteiger partial charge in [0.1, 0.15) is 5.88 Å². The van der Waals surface area contributed by atoms with Crippen LogP contribution in [0.5, 0.6) is 0 Å². The highest BCUT2D eigenvalue weighted by Gasteiger charge is 2.08. The van der Waals surface area contributed by atoms with Crippen LogP contribution in [0.1, 0.15) is 5.89 Å². The fraction of sp³-hybridized carbons (Fsp3) is 0.182. The third-order valence-electron chi connectivity index (χ3n) is 2.05. The number of carbonyl (C=O) groups excluding carboxylic acids is 1. The molecule has 0 saturated heterocycles. The molecule has 1 N–H and O–H groups in total. The Morgan fingerprint density at radius 3 is 2.76 bits per heavy atom. The number of alkyl halides is 1. The molecular formula is C11H10ClN3O2. The summed E-state index contributed by atoms with van der Waals surface area (Å²) >= 11 is 5.34. The number of nitrogens with one attached hydrogen (secondary N) is 1. The largest absolute Gasteiger partial charge is 0.419 e. The van der Waals surface area contributed by atoms with Crippen LogP contribution in [0.2, 0.25) is 0 Å². The summed E-state index contributed by atoms with van der Waals surface area (Å²) in [5.74, 6) is 0.425. The first-order chi connectivity index (χ1) is 8.29. The third kappa shape index (κ3) is 3.04. The van der Waals surface area contributed by atoms with Gasteiger partial charge in [-0.1, -0.05) is 18.2 Å². The van der Waals surface area contributed by atoms with E-state index in [0.29, 0.717) is 11.8 Å². The smallest absolute Gasteiger partial charge is 0.247 e. The van der Waals surface area contributed by atoms with Gasteiger partial charge in [0.15, 0.2) is 0 Å². The Balaban J connectivity index is 2.04. The molecule has 2 aromatic rings. The topological polar surface area (TPSA) is 68.0 Å². The standard InChI is InChI=1S/C11H10ClN3O2/c12-6-9(16)13-7-10-14-15-11(17-10)8-4-2-1-3-5-8/h1-5H,6-7H2,(H,13,16). The van der Waals surface area contributed by atoms with Gasteiger partial charge in [0, 0.05) is 5.56 Å². The van der Waals surface area contributed by atoms with Gasteiger partial charge in [-0.25, -0.2) is 0 Å². The second-order valence-electron chi connectivity index (χ2n) is 3.28. The number of hydrogen-bond donors (Lipinski definition) is 1. The van der Waals surface area contributed by atoms with E-state index in [1.165, 1.54) is 0 Å². The normalized spacial score (nSPS) is 10.2. The van der Waals surface area contributed by atoms with Gasteiger partial charge < -0.3 is 9.73 Å². The number of rotatable bonds is 4. The van der Waals surface area contributed by atoms with E-state index in [9.17, 15) is 4.79 Å². The maximum atomic E-state index is 10.9. The molecule has 88 valence electrons. The van der Waals surface area contributed by atoms with Gasteiger partial charge in [0.25, 0.3) is 0 Å². The van der Waals surface area contributed by atoms with Gasteiger partial charge in [-0.3, -0.25) is 4.79 Å². The van der Waals surface area contributed by atoms with E-state index in [-0.39, 0.29) is 18.3 Å². The van der Waals surface area contributed by atoms with Crippen molar-refractivity contribution in [2.75, 3.05) is 5.88 Å². The van der Waals surface area contributed by atoms with Crippen molar-refractivity contribution in [2.45, 2.75) is 6.54 Å². The van der Waals surface area contributed by atoms with E-state index in [2.05, 4.69) is 15.5 Å². The van der Waals surface area contributed by atoms with Gasteiger partial charge >= 0.3 is 0 Å². The molecule has 6 heteroatoms. The Labute approximate surface area is 103 Å². The van der Waals surface area contributed by atoms with Crippen LogP contribution < -0.4 is 5.32 Å². The number of carbonyl (C=O) groups is 1. The lowest BCUT2D eigenvalue weighted by molar-refractivity contribution is -0.118. The second-order valence-corrected chi connectivity index (χ2v) is 3.54. The summed E-state index contributed by atoms with van der Waals surface area (Å²) in [7, 11) is 0. The molecule has 1 heterocycles. The summed E-state index contributed by atoms with van der Waals surface area (Å²) in [5, 5.41) is 10.3. The molecule has 0 unspecified atom stereocenters. The summed E-state index contributed by atoms with van der Waals surface area (Å²) in [5.41, 5.74) is 0.843. The first-order valence-corrected chi connectivity index (χ1v) is 5.53. The molecule has 1 aromatic heterocycles. The lowest BCUT2D eigenvalue weighted by atomic mass is 10.2. The average molecular weight is 252 g/mol. The van der Waals surface area contributed by atoms with Gasteiger partial charge in [-0.2, -0.15) is 0 Å². The van der Waals surface area contributed by atoms with Gasteiger partial charge in [0.05, 0.1) is 6.54 Å². The van der Waals surface area contributed by atoms with E-state index in [0.717, 1.165) is 5.56 Å². The molecule has 5 nitrogen and oxygen atoms in total. The lowest BCUT2D eigenvalue weighted by Gasteiger charge is -1.97. The highest BCUT2D eigenvalue weighted by atomic mass is 35.5. The van der Waals surface area contributed by atoms with Crippen molar-refractivity contribution in [3.8, 4) is 11.5 Å². The van der Waals surface area contributed by atoms with Crippen LogP contribution in [0.15, 0.2) is 34.7 Å². The maximum Gasteiger partial charge on any atom is 0.247 e. The van der Waals surface area contributed by atoms with Gasteiger partial charge in [-0.15, -0.1) is 21.8 Å². The molecule has 17 heavy (non-hydrogen) atoms. The van der Waals surface area contributed by atoms with Crippen LogP contribution in [-0.2, 0) is 11.3 Å². The first-order valence-electron chi connectivity index (χ1n) is 5.00. The summed E-state index contributed by atoms with van der Waals surface area (Å²) in [6, 6.07) is 9.41. The van der Waals surface area contributed by atoms with Crippen molar-refractivity contribution in [1.29, 1.82) is 0 Å². The van der Waals surface area contributed by atoms with E-state index in [1.807, 2.05) is 30.3 Å². The zero-order chi connectivity index (χ0) is 12.1. The molecule has 0 saturated carbocycles. The van der Waals surface area contributed by atoms with E-state index < -0.39 is 0 Å². The SMILES string of the molecule is O=C(CCl)NCc1nnc(-c2ccccc2)o1. The van der Waals surface area contributed by atoms with Crippen LogP contribution in [0.4, 0.5) is 0 Å². The fourth-order valence-corrected chi connectivity index (χ4v) is 1.34. The van der Waals surface area contributed by atoms with Crippen LogP contribution >= 0.6 is 11.6 Å². The monoisotopic (exact) mass is 251 g/mol. The van der Waals surface area contributed by atoms with Crippen LogP contribution in [0.3, 0.4) is 0 Å². The molecule has 0 fully saturated rings. The Bertz CT molecular complexity index is 498. The Hall–Kier alpha value is -1.88. The third-order valence-corrected chi connectivity index (χ3v) is 2.29. The maximum absolute atomic E-state index is 10.9. The number of hydrogen-bond acceptors (Lipinski definition) is 4. The molecule has 0 bridgehead atoms. The van der Waals surface area contributed by atoms with Gasteiger partial charge in [-0.05, 0) is 12.1 Å². The zero-order valence-electron chi connectivity index (χ0n) is 8.89. The summed E-state index contributed by atoms with van der Waals surface area (Å²) < 4.78 is 5.38. The minimum absolute atomic E-state index is 0.0837. The Morgan fingerprint density at radius 1 is 1.29 bits per heavy atom. The molecule has 1 amide bonds. The Morgan fingerprint density at radius 2 is 2.06 bits per heavy atom. The predicted molar refractivity (Wildman–Crippen MR) is 62.3 cm³/mol. The van der Waals surface area contributed by atoms with Crippen molar-refractivity contribution >= 4 is 17.5 Å². The molecule has 1 aromatic carbocycles. The molecule has 0 atom stereocenters. The molecule has 0 aliphatic carbocycles. The fourth-order valence-electron chi connectivity index (χ4n) is 1.24. The highest BCUT2D eigenvalue weighted by molar-refractivity contribution is 6.27. The minimum Gasteiger partial charge on any atom is -0.419 e. The van der Waals surface area contributed by atoms with Crippen molar-refractivity contribution < 1.29 is 9.21 Å². The van der Waals surface area contributed by atoms with E-state index in [1.54, 1.807) is 0 Å². The second kappa shape index (κ2) is 5.45. The molecule has 0 radical (unpaired) electrons. The molecule has 0 spiro atoms. The molecule has 0 aliphatic rings. The number of nitrogens with zero attached hydrogens (tertiary/aromatic N) is 2. The first kappa shape index (κ1) is 11.6. The van der Waals surface area contributed by atoms with Crippen molar-refractivity contribution in [2.24, 2.45) is 0 Å². The number of amides is 1. The van der Waals surface area contributed by atoms with Gasteiger partial charge in [0.2, 0.25) is 17.7 Å². The number of benzene rings is 1.